The molecular formula is C19H16INO7. The molecule has 2 bridgehead atoms. The van der Waals surface area contributed by atoms with Gasteiger partial charge in [0.1, 0.15) is 0 Å². The highest BCUT2D eigenvalue weighted by molar-refractivity contribution is 14.1. The number of esters is 2. The van der Waals surface area contributed by atoms with Crippen molar-refractivity contribution in [3.63, 3.8) is 0 Å². The van der Waals surface area contributed by atoms with Gasteiger partial charge in [0.05, 0.1) is 23.6 Å². The van der Waals surface area contributed by atoms with Gasteiger partial charge in [-0.15, -0.1) is 0 Å². The third-order valence-corrected chi connectivity index (χ3v) is 5.80. The molecule has 3 aliphatic rings. The van der Waals surface area contributed by atoms with Crippen molar-refractivity contribution in [2.75, 3.05) is 4.90 Å². The van der Waals surface area contributed by atoms with Crippen LogP contribution in [0.2, 0.25) is 0 Å². The lowest BCUT2D eigenvalue weighted by Crippen LogP contribution is -2.52. The second kappa shape index (κ2) is 6.66. The summed E-state index contributed by atoms with van der Waals surface area (Å²) < 4.78 is 17.2. The Labute approximate surface area is 173 Å². The standard InChI is InChI=1S/C19H16INO7/c1-9(22)26-18(27-10(2)23)19-8-7-13(28-19)14-15(19)17(25)21(16(14)24)12-5-3-11(20)4-6-12/h3-8,13-15,18H,1-2H3/t13-,14+,15-,19-/m1/s1. The van der Waals surface area contributed by atoms with Crippen LogP contribution in [0, 0.1) is 15.4 Å². The summed E-state index contributed by atoms with van der Waals surface area (Å²) >= 11 is 2.13. The van der Waals surface area contributed by atoms with Crippen molar-refractivity contribution in [2.24, 2.45) is 11.8 Å². The molecule has 0 aromatic heterocycles. The molecule has 3 aliphatic heterocycles. The average Bonchev–Trinajstić information content (AvgIpc) is 3.26. The summed E-state index contributed by atoms with van der Waals surface area (Å²) in [7, 11) is 0. The first-order valence-corrected chi connectivity index (χ1v) is 9.67. The number of fused-ring (bicyclic) bond motifs is 5. The van der Waals surface area contributed by atoms with Crippen LogP contribution in [0.15, 0.2) is 36.4 Å². The SMILES string of the molecule is CC(=O)OC(OC(C)=O)[C@]12C=C[C@@H](O1)[C@@H]1C(=O)N(c3ccc(I)cc3)C(=O)[C@@H]12. The lowest BCUT2D eigenvalue weighted by Gasteiger charge is -2.34. The number of amides is 2. The fourth-order valence-electron chi connectivity index (χ4n) is 4.06. The molecule has 4 rings (SSSR count). The molecule has 0 N–H and O–H groups in total. The van der Waals surface area contributed by atoms with E-state index in [1.807, 2.05) is 0 Å². The fourth-order valence-corrected chi connectivity index (χ4v) is 4.42. The summed E-state index contributed by atoms with van der Waals surface area (Å²) in [5.41, 5.74) is -1.08. The van der Waals surface area contributed by atoms with Crippen LogP contribution in [-0.4, -0.2) is 41.7 Å². The topological polar surface area (TPSA) is 99.2 Å². The Morgan fingerprint density at radius 2 is 1.71 bits per heavy atom. The number of imide groups is 1. The average molecular weight is 497 g/mol. The van der Waals surface area contributed by atoms with Gasteiger partial charge in [0.25, 0.3) is 6.29 Å². The number of hydrogen-bond acceptors (Lipinski definition) is 7. The van der Waals surface area contributed by atoms with E-state index >= 15 is 0 Å². The fraction of sp³-hybridized carbons (Fsp3) is 0.368. The summed E-state index contributed by atoms with van der Waals surface area (Å²) in [6.07, 6.45) is 1.07. The molecule has 1 aromatic carbocycles. The minimum Gasteiger partial charge on any atom is -0.422 e. The highest BCUT2D eigenvalue weighted by atomic mass is 127. The second-order valence-electron chi connectivity index (χ2n) is 6.84. The first-order chi connectivity index (χ1) is 13.2. The molecule has 3 heterocycles. The Morgan fingerprint density at radius 1 is 1.11 bits per heavy atom. The molecule has 28 heavy (non-hydrogen) atoms. The Morgan fingerprint density at radius 3 is 2.29 bits per heavy atom. The van der Waals surface area contributed by atoms with E-state index < -0.39 is 53.6 Å². The van der Waals surface area contributed by atoms with Gasteiger partial charge >= 0.3 is 11.9 Å². The molecule has 9 heteroatoms. The molecule has 0 saturated carbocycles. The van der Waals surface area contributed by atoms with Crippen LogP contribution < -0.4 is 4.90 Å². The van der Waals surface area contributed by atoms with Crippen LogP contribution in [0.5, 0.6) is 0 Å². The van der Waals surface area contributed by atoms with Gasteiger partial charge in [-0.25, -0.2) is 4.90 Å². The van der Waals surface area contributed by atoms with Gasteiger partial charge < -0.3 is 14.2 Å². The van der Waals surface area contributed by atoms with E-state index in [1.54, 1.807) is 36.4 Å². The molecule has 4 atom stereocenters. The number of nitrogens with zero attached hydrogens (tertiary/aromatic N) is 1. The second-order valence-corrected chi connectivity index (χ2v) is 8.08. The zero-order valence-electron chi connectivity index (χ0n) is 15.0. The molecular weight excluding hydrogens is 481 g/mol. The third-order valence-electron chi connectivity index (χ3n) is 5.08. The quantitative estimate of drug-likeness (QED) is 0.205. The van der Waals surface area contributed by atoms with Gasteiger partial charge in [0, 0.05) is 17.4 Å². The van der Waals surface area contributed by atoms with E-state index in [-0.39, 0.29) is 0 Å². The summed E-state index contributed by atoms with van der Waals surface area (Å²) in [6.45, 7) is 2.32. The van der Waals surface area contributed by atoms with Crippen molar-refractivity contribution in [3.05, 3.63) is 40.0 Å². The maximum atomic E-state index is 13.3. The molecule has 2 fully saturated rings. The third kappa shape index (κ3) is 2.75. The normalized spacial score (nSPS) is 30.1. The Balaban J connectivity index is 1.74. The van der Waals surface area contributed by atoms with E-state index in [0.29, 0.717) is 5.69 Å². The van der Waals surface area contributed by atoms with Gasteiger partial charge in [-0.2, -0.15) is 0 Å². The smallest absolute Gasteiger partial charge is 0.305 e. The van der Waals surface area contributed by atoms with Crippen molar-refractivity contribution in [3.8, 4) is 0 Å². The van der Waals surface area contributed by atoms with Gasteiger partial charge in [0.15, 0.2) is 5.60 Å². The van der Waals surface area contributed by atoms with Crippen molar-refractivity contribution < 1.29 is 33.4 Å². The molecule has 0 radical (unpaired) electrons. The number of hydrogen-bond donors (Lipinski definition) is 0. The summed E-state index contributed by atoms with van der Waals surface area (Å²) in [6, 6.07) is 6.97. The van der Waals surface area contributed by atoms with Gasteiger partial charge in [-0.1, -0.05) is 6.08 Å². The number of ether oxygens (including phenoxy) is 3. The lowest BCUT2D eigenvalue weighted by atomic mass is 9.76. The van der Waals surface area contributed by atoms with E-state index in [9.17, 15) is 19.2 Å². The van der Waals surface area contributed by atoms with Crippen molar-refractivity contribution in [1.29, 1.82) is 0 Å². The van der Waals surface area contributed by atoms with Crippen LogP contribution in [0.25, 0.3) is 0 Å². The number of carbonyl (C=O) groups excluding carboxylic acids is 4. The highest BCUT2D eigenvalue weighted by Gasteiger charge is 2.72. The minimum absolute atomic E-state index is 0.392. The molecule has 0 spiro atoms. The zero-order valence-corrected chi connectivity index (χ0v) is 17.1. The number of carbonyl (C=O) groups is 4. The van der Waals surface area contributed by atoms with Crippen LogP contribution in [0.4, 0.5) is 5.69 Å². The van der Waals surface area contributed by atoms with Crippen molar-refractivity contribution in [2.45, 2.75) is 31.8 Å². The highest BCUT2D eigenvalue weighted by Crippen LogP contribution is 2.54. The number of halogens is 1. The molecule has 0 aliphatic carbocycles. The molecule has 2 saturated heterocycles. The molecule has 2 amide bonds. The first kappa shape index (κ1) is 19.1. The maximum absolute atomic E-state index is 13.3. The lowest BCUT2D eigenvalue weighted by molar-refractivity contribution is -0.226. The largest absolute Gasteiger partial charge is 0.422 e. The van der Waals surface area contributed by atoms with E-state index in [1.165, 1.54) is 0 Å². The van der Waals surface area contributed by atoms with E-state index in [0.717, 1.165) is 22.3 Å². The monoisotopic (exact) mass is 497 g/mol. The molecule has 146 valence electrons. The summed E-state index contributed by atoms with van der Waals surface area (Å²) in [5, 5.41) is 0. The first-order valence-electron chi connectivity index (χ1n) is 8.59. The maximum Gasteiger partial charge on any atom is 0.305 e. The zero-order chi connectivity index (χ0) is 20.2. The van der Waals surface area contributed by atoms with Crippen LogP contribution >= 0.6 is 22.6 Å². The number of anilines is 1. The number of rotatable bonds is 4. The Bertz CT molecular complexity index is 895. The molecule has 0 unspecified atom stereocenters. The number of benzene rings is 1. The minimum atomic E-state index is -1.53. The van der Waals surface area contributed by atoms with Crippen molar-refractivity contribution in [1.82, 2.24) is 0 Å². The van der Waals surface area contributed by atoms with Crippen LogP contribution in [0.3, 0.4) is 0 Å². The predicted molar refractivity (Wildman–Crippen MR) is 103 cm³/mol. The summed E-state index contributed by atoms with van der Waals surface area (Å²) in [4.78, 5) is 50.6. The predicted octanol–water partition coefficient (Wildman–Crippen LogP) is 1.56. The van der Waals surface area contributed by atoms with Gasteiger partial charge in [-0.3, -0.25) is 19.2 Å². The molecule has 8 nitrogen and oxygen atoms in total. The molecule has 1 aromatic rings. The van der Waals surface area contributed by atoms with E-state index in [2.05, 4.69) is 22.6 Å². The van der Waals surface area contributed by atoms with E-state index in [4.69, 9.17) is 14.2 Å². The van der Waals surface area contributed by atoms with Gasteiger partial charge in [-0.05, 0) is 52.9 Å². The van der Waals surface area contributed by atoms with Crippen LogP contribution in [-0.2, 0) is 33.4 Å². The summed E-state index contributed by atoms with van der Waals surface area (Å²) in [5.74, 6) is -4.00. The van der Waals surface area contributed by atoms with Gasteiger partial charge in [0.2, 0.25) is 11.8 Å². The Kier molecular flexibility index (Phi) is 4.53. The van der Waals surface area contributed by atoms with Crippen LogP contribution in [0.1, 0.15) is 13.8 Å². The Hall–Kier alpha value is -2.27. The van der Waals surface area contributed by atoms with Crippen molar-refractivity contribution >= 4 is 52.0 Å².